The molecule has 0 radical (unpaired) electrons. The molecule has 59 heavy (non-hydrogen) atoms. The topological polar surface area (TPSA) is 195 Å². The molecular formula is C39H45ClN10O8S. The summed E-state index contributed by atoms with van der Waals surface area (Å²) in [6, 6.07) is 20.5. The van der Waals surface area contributed by atoms with Gasteiger partial charge in [0.05, 0.1) is 29.0 Å². The number of rotatable bonds is 16. The zero-order chi connectivity index (χ0) is 41.4. The van der Waals surface area contributed by atoms with Crippen LogP contribution in [0.2, 0.25) is 5.02 Å². The highest BCUT2D eigenvalue weighted by molar-refractivity contribution is 7.91. The highest BCUT2D eigenvalue weighted by atomic mass is 35.5. The SMILES string of the molecule is COc1cc(N2CCN(C)CC2)ccc1Nc1ncc(Cl)c(Oc2cccc(NC(=O)CCN3CCN(CCOc4no[n+]([O-])c4S(=O)(=O)c4ccccc4)CC3)c2)n1. The second kappa shape index (κ2) is 18.9. The molecule has 1 amide bonds. The van der Waals surface area contributed by atoms with Crippen molar-refractivity contribution in [1.29, 1.82) is 0 Å². The number of ether oxygens (including phenoxy) is 3. The highest BCUT2D eigenvalue weighted by Crippen LogP contribution is 2.34. The number of piperazine rings is 2. The third kappa shape index (κ3) is 10.5. The molecule has 2 aromatic heterocycles. The number of carbonyl (C=O) groups excluding carboxylic acids is 1. The molecule has 18 nitrogen and oxygen atoms in total. The number of methoxy groups -OCH3 is 1. The number of hydrogen-bond donors (Lipinski definition) is 2. The van der Waals surface area contributed by atoms with E-state index in [-0.39, 0.29) is 51.5 Å². The maximum Gasteiger partial charge on any atom is 0.415 e. The fraction of sp³-hybridized carbons (Fsp3) is 0.359. The lowest BCUT2D eigenvalue weighted by Crippen LogP contribution is -2.48. The van der Waals surface area contributed by atoms with Crippen molar-refractivity contribution in [3.8, 4) is 23.3 Å². The molecule has 20 heteroatoms. The Labute approximate surface area is 346 Å². The molecule has 2 aliphatic rings. The molecule has 0 saturated carbocycles. The summed E-state index contributed by atoms with van der Waals surface area (Å²) >= 11 is 6.43. The molecule has 5 aromatic rings. The van der Waals surface area contributed by atoms with Crippen molar-refractivity contribution in [3.05, 3.63) is 89.2 Å². The van der Waals surface area contributed by atoms with Crippen LogP contribution in [-0.2, 0) is 14.6 Å². The summed E-state index contributed by atoms with van der Waals surface area (Å²) in [6.07, 6.45) is 1.73. The van der Waals surface area contributed by atoms with Crippen molar-refractivity contribution >= 4 is 50.4 Å². The Kier molecular flexibility index (Phi) is 13.3. The number of likely N-dealkylation sites (N-methyl/N-ethyl adjacent to an activating group) is 1. The summed E-state index contributed by atoms with van der Waals surface area (Å²) in [5.74, 6) is 0.945. The van der Waals surface area contributed by atoms with Gasteiger partial charge in [0.2, 0.25) is 17.7 Å². The van der Waals surface area contributed by atoms with E-state index in [0.717, 1.165) is 45.0 Å². The standard InChI is InChI=1S/C39H45ClN10O8S/c1-46-15-21-49(22-16-46)29-11-12-33(34(26-29)55-2)43-39-41-27-32(40)36(44-39)57-30-8-6-7-28(25-30)42-35(51)13-14-47-17-19-48(20-18-47)23-24-56-37-38(50(52)58-45-37)59(53,54)31-9-4-3-5-10-31/h3-12,25-27H,13-24H2,1-2H3,(H,42,51)(H,41,43,44). The van der Waals surface area contributed by atoms with Gasteiger partial charge in [0.15, 0.2) is 0 Å². The van der Waals surface area contributed by atoms with Crippen LogP contribution in [0.25, 0.3) is 0 Å². The molecule has 0 aliphatic carbocycles. The van der Waals surface area contributed by atoms with E-state index < -0.39 is 14.9 Å². The van der Waals surface area contributed by atoms with E-state index in [1.165, 1.54) is 18.3 Å². The molecule has 0 bridgehead atoms. The van der Waals surface area contributed by atoms with Crippen LogP contribution in [0.5, 0.6) is 23.3 Å². The number of nitrogens with one attached hydrogen (secondary N) is 2. The first-order chi connectivity index (χ1) is 28.5. The summed E-state index contributed by atoms with van der Waals surface area (Å²) < 4.78 is 47.9. The van der Waals surface area contributed by atoms with Gasteiger partial charge >= 0.3 is 10.9 Å². The summed E-state index contributed by atoms with van der Waals surface area (Å²) in [7, 11) is -0.448. The number of sulfone groups is 1. The van der Waals surface area contributed by atoms with Crippen molar-refractivity contribution in [1.82, 2.24) is 29.8 Å². The number of aromatic nitrogens is 4. The first-order valence-electron chi connectivity index (χ1n) is 19.0. The van der Waals surface area contributed by atoms with E-state index in [4.69, 9.17) is 25.8 Å². The molecule has 4 heterocycles. The van der Waals surface area contributed by atoms with E-state index in [9.17, 15) is 18.4 Å². The number of amides is 1. The Balaban J connectivity index is 0.855. The number of halogens is 1. The van der Waals surface area contributed by atoms with Crippen molar-refractivity contribution in [2.75, 3.05) is 102 Å². The highest BCUT2D eigenvalue weighted by Gasteiger charge is 2.36. The van der Waals surface area contributed by atoms with Crippen molar-refractivity contribution in [2.45, 2.75) is 16.3 Å². The molecule has 312 valence electrons. The zero-order valence-electron chi connectivity index (χ0n) is 32.6. The zero-order valence-corrected chi connectivity index (χ0v) is 34.2. The van der Waals surface area contributed by atoms with Crippen molar-refractivity contribution < 1.29 is 37.0 Å². The van der Waals surface area contributed by atoms with Gasteiger partial charge in [-0.25, -0.2) is 13.4 Å². The maximum absolute atomic E-state index is 13.0. The smallest absolute Gasteiger partial charge is 0.415 e. The lowest BCUT2D eigenvalue weighted by atomic mass is 10.2. The molecule has 2 aliphatic heterocycles. The Bertz CT molecular complexity index is 2320. The molecule has 2 fully saturated rings. The van der Waals surface area contributed by atoms with E-state index in [0.29, 0.717) is 49.1 Å². The van der Waals surface area contributed by atoms with Crippen LogP contribution in [0.3, 0.4) is 0 Å². The number of nitrogens with zero attached hydrogens (tertiary/aromatic N) is 8. The molecular weight excluding hydrogens is 804 g/mol. The Morgan fingerprint density at radius 2 is 1.68 bits per heavy atom. The Morgan fingerprint density at radius 1 is 0.932 bits per heavy atom. The first kappa shape index (κ1) is 41.4. The second-order valence-electron chi connectivity index (χ2n) is 14.0. The first-order valence-corrected chi connectivity index (χ1v) is 20.9. The minimum atomic E-state index is -4.19. The van der Waals surface area contributed by atoms with Crippen LogP contribution in [0.1, 0.15) is 6.42 Å². The predicted molar refractivity (Wildman–Crippen MR) is 219 cm³/mol. The predicted octanol–water partition coefficient (Wildman–Crippen LogP) is 3.91. The van der Waals surface area contributed by atoms with Crippen LogP contribution in [-0.4, -0.2) is 130 Å². The van der Waals surface area contributed by atoms with Crippen LogP contribution in [0.4, 0.5) is 23.0 Å². The van der Waals surface area contributed by atoms with Crippen LogP contribution in [0.15, 0.2) is 93.5 Å². The minimum Gasteiger partial charge on any atom is -0.494 e. The molecule has 0 atom stereocenters. The van der Waals surface area contributed by atoms with Crippen LogP contribution < -0.4 is 34.6 Å². The molecule has 0 spiro atoms. The quantitative estimate of drug-likeness (QED) is 0.136. The summed E-state index contributed by atoms with van der Waals surface area (Å²) in [5.41, 5.74) is 2.32. The van der Waals surface area contributed by atoms with E-state index in [1.54, 1.807) is 49.6 Å². The van der Waals surface area contributed by atoms with Crippen molar-refractivity contribution in [2.24, 2.45) is 0 Å². The number of hydrogen-bond acceptors (Lipinski definition) is 16. The van der Waals surface area contributed by atoms with Gasteiger partial charge < -0.3 is 44.8 Å². The Morgan fingerprint density at radius 3 is 2.42 bits per heavy atom. The second-order valence-corrected chi connectivity index (χ2v) is 16.2. The summed E-state index contributed by atoms with van der Waals surface area (Å²) in [6.45, 7) is 7.86. The van der Waals surface area contributed by atoms with Crippen LogP contribution in [0, 0.1) is 5.21 Å². The van der Waals surface area contributed by atoms with Gasteiger partial charge in [0.1, 0.15) is 23.1 Å². The number of benzene rings is 3. The fourth-order valence-corrected chi connectivity index (χ4v) is 8.05. The molecule has 3 aromatic carbocycles. The lowest BCUT2D eigenvalue weighted by Gasteiger charge is -2.34. The van der Waals surface area contributed by atoms with Gasteiger partial charge in [-0.05, 0) is 48.3 Å². The van der Waals surface area contributed by atoms with E-state index in [2.05, 4.69) is 57.0 Å². The Hall–Kier alpha value is -5.73. The van der Waals surface area contributed by atoms with Crippen LogP contribution >= 0.6 is 11.6 Å². The van der Waals surface area contributed by atoms with Gasteiger partial charge in [-0.15, -0.1) is 0 Å². The summed E-state index contributed by atoms with van der Waals surface area (Å²) in [5, 5.41) is 21.3. The largest absolute Gasteiger partial charge is 0.494 e. The van der Waals surface area contributed by atoms with Gasteiger partial charge in [0.25, 0.3) is 9.84 Å². The monoisotopic (exact) mass is 848 g/mol. The third-order valence-electron chi connectivity index (χ3n) is 9.97. The molecule has 0 unspecified atom stereocenters. The normalized spacial score (nSPS) is 15.5. The number of anilines is 4. The third-order valence-corrected chi connectivity index (χ3v) is 12.0. The van der Waals surface area contributed by atoms with E-state index in [1.807, 2.05) is 18.2 Å². The van der Waals surface area contributed by atoms with Gasteiger partial charge in [-0.1, -0.05) is 35.9 Å². The van der Waals surface area contributed by atoms with Crippen molar-refractivity contribution in [3.63, 3.8) is 0 Å². The summed E-state index contributed by atoms with van der Waals surface area (Å²) in [4.78, 5) is 30.5. The minimum absolute atomic E-state index is 0.0717. The number of carbonyl (C=O) groups is 1. The molecule has 2 N–H and O–H groups in total. The maximum atomic E-state index is 13.0. The lowest BCUT2D eigenvalue weighted by molar-refractivity contribution is -0.832. The molecule has 7 rings (SSSR count). The average molecular weight is 849 g/mol. The average Bonchev–Trinajstić information content (AvgIpc) is 3.63. The van der Waals surface area contributed by atoms with E-state index >= 15 is 0 Å². The fourth-order valence-electron chi connectivity index (χ4n) is 6.63. The van der Waals surface area contributed by atoms with Gasteiger partial charge in [-0.3, -0.25) is 14.3 Å². The molecule has 2 saturated heterocycles. The van der Waals surface area contributed by atoms with Gasteiger partial charge in [0, 0.05) is 95.4 Å². The van der Waals surface area contributed by atoms with Gasteiger partial charge in [-0.2, -0.15) is 4.98 Å².